The first kappa shape index (κ1) is 28.9. The highest BCUT2D eigenvalue weighted by molar-refractivity contribution is 6.05. The Morgan fingerprint density at radius 3 is 2.32 bits per heavy atom. The zero-order valence-electron chi connectivity index (χ0n) is 26.3. The van der Waals surface area contributed by atoms with Crippen LogP contribution in [0.2, 0.25) is 0 Å². The van der Waals surface area contributed by atoms with E-state index < -0.39 is 16.8 Å². The highest BCUT2D eigenvalue weighted by atomic mass is 16.5. The Labute approximate surface area is 247 Å². The maximum absolute atomic E-state index is 14.6. The quantitative estimate of drug-likeness (QED) is 0.278. The summed E-state index contributed by atoms with van der Waals surface area (Å²) in [7, 11) is 0. The van der Waals surface area contributed by atoms with Gasteiger partial charge >= 0.3 is 5.97 Å². The zero-order chi connectivity index (χ0) is 29.6. The molecule has 0 spiro atoms. The monoisotopic (exact) mass is 558 g/mol. The van der Waals surface area contributed by atoms with Crippen LogP contribution in [0.5, 0.6) is 0 Å². The number of Topliss-reactive ketones (excluding diaryl/α,β-unsaturated/α-hetero) is 1. The molecule has 0 N–H and O–H groups in total. The van der Waals surface area contributed by atoms with Crippen molar-refractivity contribution >= 4 is 17.5 Å². The highest BCUT2D eigenvalue weighted by Gasteiger charge is 2.72. The first-order valence-corrected chi connectivity index (χ1v) is 16.2. The molecule has 4 saturated carbocycles. The molecule has 1 aromatic carbocycles. The van der Waals surface area contributed by atoms with E-state index >= 15 is 0 Å². The smallest absolute Gasteiger partial charge is 0.319 e. The summed E-state index contributed by atoms with van der Waals surface area (Å²) in [5.41, 5.74) is 0.683. The van der Waals surface area contributed by atoms with Crippen molar-refractivity contribution in [2.45, 2.75) is 106 Å². The van der Waals surface area contributed by atoms with Crippen molar-refractivity contribution in [3.05, 3.63) is 47.5 Å². The number of hydrogen-bond acceptors (Lipinski definition) is 4. The van der Waals surface area contributed by atoms with Gasteiger partial charge in [0.25, 0.3) is 0 Å². The van der Waals surface area contributed by atoms with Crippen LogP contribution < -0.4 is 0 Å². The van der Waals surface area contributed by atoms with Crippen molar-refractivity contribution in [3.63, 3.8) is 0 Å². The normalized spacial score (nSPS) is 47.3. The number of esters is 1. The lowest BCUT2D eigenvalue weighted by molar-refractivity contribution is -0.200. The molecule has 1 aromatic rings. The van der Waals surface area contributed by atoms with Gasteiger partial charge in [-0.2, -0.15) is 0 Å². The van der Waals surface area contributed by atoms with Gasteiger partial charge in [-0.1, -0.05) is 77.4 Å². The van der Waals surface area contributed by atoms with Gasteiger partial charge in [0.2, 0.25) is 0 Å². The van der Waals surface area contributed by atoms with Gasteiger partial charge in [-0.15, -0.1) is 0 Å². The summed E-state index contributed by atoms with van der Waals surface area (Å²) in [5, 5.41) is 0. The van der Waals surface area contributed by atoms with E-state index in [-0.39, 0.29) is 46.3 Å². The third kappa shape index (κ3) is 3.80. The summed E-state index contributed by atoms with van der Waals surface area (Å²) in [5.74, 6) is 1.08. The topological polar surface area (TPSA) is 60.4 Å². The standard InChI is InChI=1S/C37H50O4/c1-23-13-16-33(3)19-20-35(5)26(30(33)24(23)2)21-27(38)31-34(4)17-15-29(39)37(7,28(34)14-18-36(31,35)6)32(40)41-22-25-11-9-8-10-12-25/h8-12,21,23-24,28,30-31H,13-20,22H2,1-7H3/t23-,24+,28?,30?,31?,33-,34+,35-,36-,37-/m1/s1. The van der Waals surface area contributed by atoms with Crippen molar-refractivity contribution in [1.29, 1.82) is 0 Å². The van der Waals surface area contributed by atoms with Crippen molar-refractivity contribution in [2.24, 2.45) is 56.7 Å². The maximum Gasteiger partial charge on any atom is 0.319 e. The molecule has 4 fully saturated rings. The van der Waals surface area contributed by atoms with Gasteiger partial charge < -0.3 is 4.74 Å². The van der Waals surface area contributed by atoms with Crippen LogP contribution in [0.4, 0.5) is 0 Å². The molecule has 4 nitrogen and oxygen atoms in total. The largest absolute Gasteiger partial charge is 0.460 e. The number of fused-ring (bicyclic) bond motifs is 7. The molecule has 0 amide bonds. The van der Waals surface area contributed by atoms with E-state index in [2.05, 4.69) is 47.6 Å². The second kappa shape index (κ2) is 9.38. The van der Waals surface area contributed by atoms with Crippen LogP contribution in [0, 0.1) is 56.7 Å². The first-order chi connectivity index (χ1) is 19.2. The molecule has 0 heterocycles. The lowest BCUT2D eigenvalue weighted by Crippen LogP contribution is -2.67. The van der Waals surface area contributed by atoms with Crippen molar-refractivity contribution in [3.8, 4) is 0 Å². The molecule has 5 aliphatic carbocycles. The summed E-state index contributed by atoms with van der Waals surface area (Å²) in [6, 6.07) is 9.65. The minimum absolute atomic E-state index is 0.0224. The van der Waals surface area contributed by atoms with Crippen LogP contribution in [0.15, 0.2) is 42.0 Å². The first-order valence-electron chi connectivity index (χ1n) is 16.2. The molecule has 0 aromatic heterocycles. The Bertz CT molecular complexity index is 1300. The van der Waals surface area contributed by atoms with Gasteiger partial charge in [0, 0.05) is 12.3 Å². The fourth-order valence-electron chi connectivity index (χ4n) is 11.3. The Morgan fingerprint density at radius 2 is 1.61 bits per heavy atom. The predicted molar refractivity (Wildman–Crippen MR) is 161 cm³/mol. The molecule has 222 valence electrons. The molecule has 4 heteroatoms. The number of rotatable bonds is 3. The maximum atomic E-state index is 14.6. The average molecular weight is 559 g/mol. The number of carbonyl (C=O) groups excluding carboxylic acids is 3. The van der Waals surface area contributed by atoms with E-state index in [1.54, 1.807) is 0 Å². The van der Waals surface area contributed by atoms with E-state index in [0.29, 0.717) is 30.6 Å². The van der Waals surface area contributed by atoms with Crippen LogP contribution in [-0.2, 0) is 25.7 Å². The van der Waals surface area contributed by atoms with Crippen molar-refractivity contribution in [1.82, 2.24) is 0 Å². The van der Waals surface area contributed by atoms with E-state index in [9.17, 15) is 14.4 Å². The summed E-state index contributed by atoms with van der Waals surface area (Å²) < 4.78 is 5.86. The Morgan fingerprint density at radius 1 is 0.902 bits per heavy atom. The Hall–Kier alpha value is -2.23. The number of hydrogen-bond donors (Lipinski definition) is 0. The van der Waals surface area contributed by atoms with E-state index in [4.69, 9.17) is 4.74 Å². The number of ether oxygens (including phenoxy) is 1. The summed E-state index contributed by atoms with van der Waals surface area (Å²) in [4.78, 5) is 42.0. The molecule has 0 bridgehead atoms. The number of benzene rings is 1. The van der Waals surface area contributed by atoms with Gasteiger partial charge in [0.05, 0.1) is 0 Å². The fourth-order valence-corrected chi connectivity index (χ4v) is 11.3. The number of ketones is 2. The fraction of sp³-hybridized carbons (Fsp3) is 0.703. The molecule has 0 radical (unpaired) electrons. The predicted octanol–water partition coefficient (Wildman–Crippen LogP) is 8.14. The summed E-state index contributed by atoms with van der Waals surface area (Å²) in [6.07, 6.45) is 9.57. The van der Waals surface area contributed by atoms with E-state index in [0.717, 1.165) is 24.8 Å². The van der Waals surface area contributed by atoms with Crippen LogP contribution in [0.3, 0.4) is 0 Å². The molecule has 0 saturated heterocycles. The van der Waals surface area contributed by atoms with Gasteiger partial charge in [-0.05, 0) is 109 Å². The second-order valence-corrected chi connectivity index (χ2v) is 16.0. The Balaban J connectivity index is 1.38. The lowest BCUT2D eigenvalue weighted by atomic mass is 9.33. The minimum Gasteiger partial charge on any atom is -0.460 e. The SMILES string of the molecule is C[C@@H]1CC[C@]2(C)CC[C@]3(C)C(=CC(=O)C4[C@@]5(C)CCC(=O)[C@](C)(C(=O)OCc6ccccc6)C5CC[C@]43C)C2[C@H]1C. The molecule has 3 unspecified atom stereocenters. The highest BCUT2D eigenvalue weighted by Crippen LogP contribution is 2.75. The third-order valence-electron chi connectivity index (χ3n) is 14.2. The van der Waals surface area contributed by atoms with E-state index in [1.165, 1.54) is 24.8 Å². The number of carbonyl (C=O) groups is 3. The molecular weight excluding hydrogens is 508 g/mol. The number of allylic oxidation sites excluding steroid dienone is 2. The summed E-state index contributed by atoms with van der Waals surface area (Å²) >= 11 is 0. The minimum atomic E-state index is -1.23. The van der Waals surface area contributed by atoms with Crippen LogP contribution in [0.1, 0.15) is 105 Å². The van der Waals surface area contributed by atoms with Gasteiger partial charge in [-0.25, -0.2) is 0 Å². The van der Waals surface area contributed by atoms with Crippen molar-refractivity contribution < 1.29 is 19.1 Å². The molecule has 10 atom stereocenters. The molecule has 41 heavy (non-hydrogen) atoms. The average Bonchev–Trinajstić information content (AvgIpc) is 2.93. The zero-order valence-corrected chi connectivity index (χ0v) is 26.3. The summed E-state index contributed by atoms with van der Waals surface area (Å²) in [6.45, 7) is 16.4. The van der Waals surface area contributed by atoms with E-state index in [1.807, 2.05) is 37.3 Å². The van der Waals surface area contributed by atoms with Crippen LogP contribution >= 0.6 is 0 Å². The second-order valence-electron chi connectivity index (χ2n) is 16.0. The molecule has 0 aliphatic heterocycles. The van der Waals surface area contributed by atoms with Crippen molar-refractivity contribution in [2.75, 3.05) is 0 Å². The van der Waals surface area contributed by atoms with Gasteiger partial charge in [0.1, 0.15) is 17.8 Å². The molecule has 5 aliphatic rings. The van der Waals surface area contributed by atoms with Crippen LogP contribution in [-0.4, -0.2) is 17.5 Å². The lowest BCUT2D eigenvalue weighted by Gasteiger charge is -2.70. The molecule has 6 rings (SSSR count). The Kier molecular flexibility index (Phi) is 6.61. The van der Waals surface area contributed by atoms with Gasteiger partial charge in [-0.3, -0.25) is 14.4 Å². The molecular formula is C37H50O4. The third-order valence-corrected chi connectivity index (χ3v) is 14.2. The van der Waals surface area contributed by atoms with Gasteiger partial charge in [0.15, 0.2) is 5.78 Å². The van der Waals surface area contributed by atoms with Crippen LogP contribution in [0.25, 0.3) is 0 Å².